The number of hydrogen-bond donors (Lipinski definition) is 1. The molecule has 18 heavy (non-hydrogen) atoms. The van der Waals surface area contributed by atoms with Gasteiger partial charge in [0.25, 0.3) is 0 Å². The first kappa shape index (κ1) is 12.6. The van der Waals surface area contributed by atoms with E-state index >= 15 is 0 Å². The number of aryl methyl sites for hydroxylation is 2. The summed E-state index contributed by atoms with van der Waals surface area (Å²) >= 11 is 1.99. The van der Waals surface area contributed by atoms with E-state index in [9.17, 15) is 0 Å². The third-order valence-corrected chi connectivity index (χ3v) is 5.80. The second kappa shape index (κ2) is 5.70. The molecule has 1 N–H and O–H groups in total. The van der Waals surface area contributed by atoms with Crippen molar-refractivity contribution in [1.82, 2.24) is 10.3 Å². The van der Waals surface area contributed by atoms with Crippen LogP contribution in [0.4, 0.5) is 0 Å². The zero-order valence-corrected chi connectivity index (χ0v) is 12.2. The maximum Gasteiger partial charge on any atom is 0.110 e. The molecule has 1 fully saturated rings. The third-order valence-electron chi connectivity index (χ3n) is 4.56. The molecular weight excluding hydrogens is 240 g/mol. The predicted octanol–water partition coefficient (Wildman–Crippen LogP) is 3.86. The number of nitrogens with zero attached hydrogens (tertiary/aromatic N) is 1. The van der Waals surface area contributed by atoms with E-state index in [1.165, 1.54) is 68.5 Å². The summed E-state index contributed by atoms with van der Waals surface area (Å²) < 4.78 is 0. The van der Waals surface area contributed by atoms with Crippen molar-refractivity contribution < 1.29 is 0 Å². The Labute approximate surface area is 114 Å². The van der Waals surface area contributed by atoms with Crippen LogP contribution in [0, 0.1) is 5.92 Å². The smallest absolute Gasteiger partial charge is 0.110 e. The van der Waals surface area contributed by atoms with Crippen LogP contribution < -0.4 is 5.32 Å². The Hall–Kier alpha value is -0.410. The molecule has 3 heteroatoms. The van der Waals surface area contributed by atoms with Crippen LogP contribution >= 0.6 is 11.3 Å². The van der Waals surface area contributed by atoms with Crippen LogP contribution in [-0.2, 0) is 12.8 Å². The summed E-state index contributed by atoms with van der Waals surface area (Å²) in [6.45, 7) is 0. The second-order valence-corrected chi connectivity index (χ2v) is 6.91. The average molecular weight is 264 g/mol. The van der Waals surface area contributed by atoms with Crippen molar-refractivity contribution in [2.75, 3.05) is 7.05 Å². The van der Waals surface area contributed by atoms with Crippen LogP contribution in [0.2, 0.25) is 0 Å². The quantitative estimate of drug-likeness (QED) is 0.896. The monoisotopic (exact) mass is 264 g/mol. The van der Waals surface area contributed by atoms with Crippen molar-refractivity contribution in [2.45, 2.75) is 63.8 Å². The predicted molar refractivity (Wildman–Crippen MR) is 77.1 cm³/mol. The molecule has 0 aliphatic heterocycles. The molecule has 0 aromatic carbocycles. The molecule has 1 aromatic heterocycles. The minimum Gasteiger partial charge on any atom is -0.311 e. The fourth-order valence-electron chi connectivity index (χ4n) is 3.53. The van der Waals surface area contributed by atoms with Gasteiger partial charge in [0.05, 0.1) is 11.7 Å². The Bertz CT molecular complexity index is 370. The first-order chi connectivity index (χ1) is 8.88. The van der Waals surface area contributed by atoms with Crippen molar-refractivity contribution in [3.8, 4) is 0 Å². The summed E-state index contributed by atoms with van der Waals surface area (Å²) in [5.74, 6) is 0.816. The first-order valence-corrected chi connectivity index (χ1v) is 8.36. The molecule has 1 aromatic rings. The van der Waals surface area contributed by atoms with E-state index in [1.54, 1.807) is 4.88 Å². The van der Waals surface area contributed by atoms with E-state index < -0.39 is 0 Å². The minimum absolute atomic E-state index is 0.515. The van der Waals surface area contributed by atoms with Crippen LogP contribution in [0.3, 0.4) is 0 Å². The maximum absolute atomic E-state index is 4.95. The van der Waals surface area contributed by atoms with Gasteiger partial charge in [-0.25, -0.2) is 4.98 Å². The lowest BCUT2D eigenvalue weighted by Crippen LogP contribution is -2.26. The van der Waals surface area contributed by atoms with Gasteiger partial charge in [-0.2, -0.15) is 0 Å². The molecule has 2 aliphatic carbocycles. The van der Waals surface area contributed by atoms with Crippen LogP contribution in [0.1, 0.15) is 66.6 Å². The molecule has 1 heterocycles. The van der Waals surface area contributed by atoms with Crippen molar-refractivity contribution in [1.29, 1.82) is 0 Å². The summed E-state index contributed by atoms with van der Waals surface area (Å²) in [5.41, 5.74) is 1.41. The van der Waals surface area contributed by atoms with E-state index in [0.717, 1.165) is 5.92 Å². The zero-order valence-electron chi connectivity index (χ0n) is 11.4. The van der Waals surface area contributed by atoms with Crippen molar-refractivity contribution in [3.63, 3.8) is 0 Å². The third kappa shape index (κ3) is 2.48. The van der Waals surface area contributed by atoms with E-state index in [1.807, 2.05) is 11.3 Å². The molecule has 0 spiro atoms. The molecule has 100 valence electrons. The topological polar surface area (TPSA) is 24.9 Å². The van der Waals surface area contributed by atoms with Gasteiger partial charge in [-0.3, -0.25) is 0 Å². The van der Waals surface area contributed by atoms with Gasteiger partial charge in [0.15, 0.2) is 0 Å². The van der Waals surface area contributed by atoms with Crippen LogP contribution in [-0.4, -0.2) is 12.0 Å². The highest BCUT2D eigenvalue weighted by Crippen LogP contribution is 2.37. The Morgan fingerprint density at radius 2 is 1.89 bits per heavy atom. The highest BCUT2D eigenvalue weighted by molar-refractivity contribution is 7.11. The Morgan fingerprint density at radius 1 is 1.11 bits per heavy atom. The van der Waals surface area contributed by atoms with Gasteiger partial charge in [0.1, 0.15) is 5.01 Å². The lowest BCUT2D eigenvalue weighted by atomic mass is 9.84. The lowest BCUT2D eigenvalue weighted by molar-refractivity contribution is 0.281. The zero-order chi connectivity index (χ0) is 12.4. The molecule has 3 rings (SSSR count). The van der Waals surface area contributed by atoms with Gasteiger partial charge in [0, 0.05) is 4.88 Å². The molecule has 1 unspecified atom stereocenters. The molecule has 1 atom stereocenters. The number of nitrogens with one attached hydrogen (secondary N) is 1. The fourth-order valence-corrected chi connectivity index (χ4v) is 4.89. The Kier molecular flexibility index (Phi) is 4.00. The van der Waals surface area contributed by atoms with Crippen molar-refractivity contribution in [2.24, 2.45) is 5.92 Å². The highest BCUT2D eigenvalue weighted by atomic mass is 32.1. The summed E-state index contributed by atoms with van der Waals surface area (Å²) in [4.78, 5) is 6.53. The molecule has 0 amide bonds. The number of fused-ring (bicyclic) bond motifs is 1. The van der Waals surface area contributed by atoms with Gasteiger partial charge < -0.3 is 5.32 Å². The standard InChI is InChI=1S/C15H24N2S/c1-16-14(11-7-3-2-4-8-11)15-17-12-9-5-6-10-13(12)18-15/h11,14,16H,2-10H2,1H3. The SMILES string of the molecule is CNC(c1nc2c(s1)CCCC2)C1CCCCC1. The number of thiazole rings is 1. The minimum atomic E-state index is 0.515. The normalized spacial score (nSPS) is 22.7. The fraction of sp³-hybridized carbons (Fsp3) is 0.800. The second-order valence-electron chi connectivity index (χ2n) is 5.79. The summed E-state index contributed by atoms with van der Waals surface area (Å²) in [5, 5.41) is 4.92. The lowest BCUT2D eigenvalue weighted by Gasteiger charge is -2.28. The molecule has 2 nitrogen and oxygen atoms in total. The molecule has 0 saturated heterocycles. The number of hydrogen-bond acceptors (Lipinski definition) is 3. The first-order valence-electron chi connectivity index (χ1n) is 7.54. The van der Waals surface area contributed by atoms with Gasteiger partial charge in [0.2, 0.25) is 0 Å². The van der Waals surface area contributed by atoms with Gasteiger partial charge in [-0.1, -0.05) is 19.3 Å². The van der Waals surface area contributed by atoms with Gasteiger partial charge in [-0.15, -0.1) is 11.3 Å². The molecule has 0 radical (unpaired) electrons. The van der Waals surface area contributed by atoms with E-state index in [0.29, 0.717) is 6.04 Å². The van der Waals surface area contributed by atoms with E-state index in [2.05, 4.69) is 12.4 Å². The Balaban J connectivity index is 1.79. The van der Waals surface area contributed by atoms with Crippen molar-refractivity contribution >= 4 is 11.3 Å². The van der Waals surface area contributed by atoms with Gasteiger partial charge in [-0.05, 0) is 51.5 Å². The van der Waals surface area contributed by atoms with Crippen LogP contribution in [0.15, 0.2) is 0 Å². The molecule has 1 saturated carbocycles. The molecule has 2 aliphatic rings. The van der Waals surface area contributed by atoms with Gasteiger partial charge >= 0.3 is 0 Å². The van der Waals surface area contributed by atoms with Crippen LogP contribution in [0.25, 0.3) is 0 Å². The summed E-state index contributed by atoms with van der Waals surface area (Å²) in [6, 6.07) is 0.515. The van der Waals surface area contributed by atoms with Crippen molar-refractivity contribution in [3.05, 3.63) is 15.6 Å². The largest absolute Gasteiger partial charge is 0.311 e. The number of aromatic nitrogens is 1. The molecule has 0 bridgehead atoms. The Morgan fingerprint density at radius 3 is 2.61 bits per heavy atom. The maximum atomic E-state index is 4.95. The average Bonchev–Trinajstić information content (AvgIpc) is 2.84. The summed E-state index contributed by atoms with van der Waals surface area (Å²) in [6.07, 6.45) is 12.2. The van der Waals surface area contributed by atoms with E-state index in [-0.39, 0.29) is 0 Å². The van der Waals surface area contributed by atoms with E-state index in [4.69, 9.17) is 4.98 Å². The highest BCUT2D eigenvalue weighted by Gasteiger charge is 2.27. The van der Waals surface area contributed by atoms with Crippen LogP contribution in [0.5, 0.6) is 0 Å². The summed E-state index contributed by atoms with van der Waals surface area (Å²) in [7, 11) is 2.11. The molecular formula is C15H24N2S. The number of rotatable bonds is 3.